The highest BCUT2D eigenvalue weighted by Gasteiger charge is 2.29. The van der Waals surface area contributed by atoms with Gasteiger partial charge in [0.15, 0.2) is 0 Å². The van der Waals surface area contributed by atoms with Crippen LogP contribution >= 0.6 is 11.6 Å². The minimum Gasteiger partial charge on any atom is -0.371 e. The second-order valence-electron chi connectivity index (χ2n) is 4.67. The van der Waals surface area contributed by atoms with Crippen molar-refractivity contribution in [3.8, 4) is 0 Å². The predicted octanol–water partition coefficient (Wildman–Crippen LogP) is 1.96. The van der Waals surface area contributed by atoms with Crippen molar-refractivity contribution in [3.05, 3.63) is 34.9 Å². The third-order valence-corrected chi connectivity index (χ3v) is 4.94. The highest BCUT2D eigenvalue weighted by atomic mass is 35.5. The molecule has 0 spiro atoms. The normalized spacial score (nSPS) is 21.0. The summed E-state index contributed by atoms with van der Waals surface area (Å²) >= 11 is 5.96. The van der Waals surface area contributed by atoms with E-state index in [1.807, 2.05) is 25.1 Å². The highest BCUT2D eigenvalue weighted by Crippen LogP contribution is 2.25. The second-order valence-corrected chi connectivity index (χ2v) is 6.86. The van der Waals surface area contributed by atoms with Gasteiger partial charge in [-0.15, -0.1) is 0 Å². The largest absolute Gasteiger partial charge is 0.371 e. The lowest BCUT2D eigenvalue weighted by Gasteiger charge is -2.32. The number of halogens is 1. The Labute approximate surface area is 125 Å². The summed E-state index contributed by atoms with van der Waals surface area (Å²) in [6, 6.07) is 7.32. The molecule has 20 heavy (non-hydrogen) atoms. The van der Waals surface area contributed by atoms with Crippen LogP contribution in [0.15, 0.2) is 24.3 Å². The van der Waals surface area contributed by atoms with Crippen LogP contribution in [-0.2, 0) is 14.9 Å². The number of benzene rings is 1. The monoisotopic (exact) mass is 318 g/mol. The lowest BCUT2D eigenvalue weighted by Crippen LogP contribution is -2.47. The lowest BCUT2D eigenvalue weighted by atomic mass is 10.1. The van der Waals surface area contributed by atoms with Crippen LogP contribution in [0.25, 0.3) is 0 Å². The van der Waals surface area contributed by atoms with Crippen molar-refractivity contribution in [2.24, 2.45) is 0 Å². The number of ether oxygens (including phenoxy) is 1. The van der Waals surface area contributed by atoms with Crippen LogP contribution in [0.4, 0.5) is 0 Å². The van der Waals surface area contributed by atoms with E-state index in [2.05, 4.69) is 4.72 Å². The SMILES string of the molecule is CCCNS(=O)(=O)N1CCOC(c2cccc(Cl)c2)C1. The summed E-state index contributed by atoms with van der Waals surface area (Å²) in [4.78, 5) is 0. The lowest BCUT2D eigenvalue weighted by molar-refractivity contribution is -0.00290. The van der Waals surface area contributed by atoms with Crippen LogP contribution < -0.4 is 4.72 Å². The van der Waals surface area contributed by atoms with E-state index in [9.17, 15) is 8.42 Å². The molecule has 1 heterocycles. The maximum absolute atomic E-state index is 12.1. The fourth-order valence-corrected chi connectivity index (χ4v) is 3.56. The van der Waals surface area contributed by atoms with E-state index in [0.29, 0.717) is 31.3 Å². The summed E-state index contributed by atoms with van der Waals surface area (Å²) in [7, 11) is -3.43. The quantitative estimate of drug-likeness (QED) is 0.903. The number of morpholine rings is 1. The molecule has 1 unspecified atom stereocenters. The molecule has 1 aromatic carbocycles. The minimum absolute atomic E-state index is 0.277. The van der Waals surface area contributed by atoms with Crippen LogP contribution in [0.5, 0.6) is 0 Å². The van der Waals surface area contributed by atoms with Crippen LogP contribution in [0, 0.1) is 0 Å². The summed E-state index contributed by atoms with van der Waals surface area (Å²) < 4.78 is 33.9. The van der Waals surface area contributed by atoms with Gasteiger partial charge in [-0.2, -0.15) is 12.7 Å². The molecule has 0 aromatic heterocycles. The maximum Gasteiger partial charge on any atom is 0.279 e. The van der Waals surface area contributed by atoms with Gasteiger partial charge >= 0.3 is 0 Å². The van der Waals surface area contributed by atoms with E-state index in [-0.39, 0.29) is 6.10 Å². The van der Waals surface area contributed by atoms with Crippen LogP contribution in [-0.4, -0.2) is 39.0 Å². The van der Waals surface area contributed by atoms with Crippen molar-refractivity contribution in [1.82, 2.24) is 9.03 Å². The Hall–Kier alpha value is -0.660. The summed E-state index contributed by atoms with van der Waals surface area (Å²) in [6.07, 6.45) is 0.488. The van der Waals surface area contributed by atoms with E-state index >= 15 is 0 Å². The van der Waals surface area contributed by atoms with Gasteiger partial charge in [0.1, 0.15) is 0 Å². The molecule has 2 rings (SSSR count). The van der Waals surface area contributed by atoms with Crippen LogP contribution in [0.3, 0.4) is 0 Å². The van der Waals surface area contributed by atoms with E-state index in [1.54, 1.807) is 6.07 Å². The maximum atomic E-state index is 12.1. The van der Waals surface area contributed by atoms with Crippen molar-refractivity contribution in [3.63, 3.8) is 0 Å². The van der Waals surface area contributed by atoms with Gasteiger partial charge in [-0.1, -0.05) is 30.7 Å². The summed E-state index contributed by atoms with van der Waals surface area (Å²) in [5, 5.41) is 0.621. The number of hydrogen-bond donors (Lipinski definition) is 1. The molecule has 0 radical (unpaired) electrons. The number of nitrogens with zero attached hydrogens (tertiary/aromatic N) is 1. The predicted molar refractivity (Wildman–Crippen MR) is 78.9 cm³/mol. The van der Waals surface area contributed by atoms with Gasteiger partial charge in [0.05, 0.1) is 12.7 Å². The van der Waals surface area contributed by atoms with Crippen molar-refractivity contribution in [2.75, 3.05) is 26.2 Å². The number of hydrogen-bond acceptors (Lipinski definition) is 3. The van der Waals surface area contributed by atoms with Crippen molar-refractivity contribution in [1.29, 1.82) is 0 Å². The molecule has 0 bridgehead atoms. The fourth-order valence-electron chi connectivity index (χ4n) is 2.07. The smallest absolute Gasteiger partial charge is 0.279 e. The zero-order chi connectivity index (χ0) is 14.6. The molecule has 1 N–H and O–H groups in total. The zero-order valence-corrected chi connectivity index (χ0v) is 13.0. The van der Waals surface area contributed by atoms with Gasteiger partial charge in [0.2, 0.25) is 0 Å². The first-order valence-corrected chi connectivity index (χ1v) is 8.46. The summed E-state index contributed by atoms with van der Waals surface area (Å²) in [6.45, 7) is 3.43. The third-order valence-electron chi connectivity index (χ3n) is 3.12. The number of nitrogens with one attached hydrogen (secondary N) is 1. The molecule has 1 aliphatic heterocycles. The van der Waals surface area contributed by atoms with Gasteiger partial charge < -0.3 is 4.74 Å². The molecule has 5 nitrogen and oxygen atoms in total. The van der Waals surface area contributed by atoms with Crippen molar-refractivity contribution >= 4 is 21.8 Å². The van der Waals surface area contributed by atoms with Crippen LogP contribution in [0.1, 0.15) is 25.0 Å². The van der Waals surface area contributed by atoms with E-state index < -0.39 is 10.2 Å². The van der Waals surface area contributed by atoms with Gasteiger partial charge in [0.25, 0.3) is 10.2 Å². The van der Waals surface area contributed by atoms with Crippen LogP contribution in [0.2, 0.25) is 5.02 Å². The average Bonchev–Trinajstić information content (AvgIpc) is 2.45. The third kappa shape index (κ3) is 3.93. The number of rotatable bonds is 5. The van der Waals surface area contributed by atoms with Gasteiger partial charge in [-0.05, 0) is 24.1 Å². The Morgan fingerprint density at radius 2 is 2.30 bits per heavy atom. The molecule has 1 atom stereocenters. The molecule has 112 valence electrons. The molecule has 1 aliphatic rings. The van der Waals surface area contributed by atoms with E-state index in [1.165, 1.54) is 4.31 Å². The first-order chi connectivity index (χ1) is 9.53. The van der Waals surface area contributed by atoms with E-state index in [0.717, 1.165) is 12.0 Å². The van der Waals surface area contributed by atoms with Gasteiger partial charge in [-0.3, -0.25) is 0 Å². The fraction of sp³-hybridized carbons (Fsp3) is 0.538. The van der Waals surface area contributed by atoms with Crippen molar-refractivity contribution in [2.45, 2.75) is 19.4 Å². The van der Waals surface area contributed by atoms with Gasteiger partial charge in [0, 0.05) is 24.7 Å². The molecule has 7 heteroatoms. The summed E-state index contributed by atoms with van der Waals surface area (Å²) in [5.74, 6) is 0. The molecular weight excluding hydrogens is 300 g/mol. The Balaban J connectivity index is 2.09. The zero-order valence-electron chi connectivity index (χ0n) is 11.4. The molecule has 0 saturated carbocycles. The Kier molecular flexibility index (Phi) is 5.40. The molecule has 1 fully saturated rings. The first kappa shape index (κ1) is 15.7. The topological polar surface area (TPSA) is 58.6 Å². The highest BCUT2D eigenvalue weighted by molar-refractivity contribution is 7.87. The molecular formula is C13H19ClN2O3S. The van der Waals surface area contributed by atoms with Crippen molar-refractivity contribution < 1.29 is 13.2 Å². The first-order valence-electron chi connectivity index (χ1n) is 6.64. The van der Waals surface area contributed by atoms with E-state index in [4.69, 9.17) is 16.3 Å². The molecule has 1 saturated heterocycles. The average molecular weight is 319 g/mol. The molecule has 0 aliphatic carbocycles. The molecule has 1 aromatic rings. The minimum atomic E-state index is -3.43. The van der Waals surface area contributed by atoms with Gasteiger partial charge in [-0.25, -0.2) is 4.72 Å². The standard InChI is InChI=1S/C13H19ClN2O3S/c1-2-6-15-20(17,18)16-7-8-19-13(10-16)11-4-3-5-12(14)9-11/h3-5,9,13,15H,2,6-8,10H2,1H3. The Morgan fingerprint density at radius 3 is 3.00 bits per heavy atom. The Morgan fingerprint density at radius 1 is 1.50 bits per heavy atom. The second kappa shape index (κ2) is 6.87. The summed E-state index contributed by atoms with van der Waals surface area (Å²) in [5.41, 5.74) is 0.896. The molecule has 0 amide bonds. The Bertz CT molecular complexity index is 550.